The molecule has 3 N–H and O–H groups in total. The molecule has 2 aromatic carbocycles. The number of carbonyl (C=O) groups is 1. The fourth-order valence-electron chi connectivity index (χ4n) is 2.06. The van der Waals surface area contributed by atoms with Gasteiger partial charge < -0.3 is 20.3 Å². The number of esters is 1. The van der Waals surface area contributed by atoms with Gasteiger partial charge in [-0.05, 0) is 23.6 Å². The second kappa shape index (κ2) is 7.36. The number of anilines is 1. The zero-order valence-electron chi connectivity index (χ0n) is 12.4. The van der Waals surface area contributed by atoms with Crippen LogP contribution in [-0.2, 0) is 22.6 Å². The summed E-state index contributed by atoms with van der Waals surface area (Å²) in [6.45, 7) is 0.253. The molecule has 0 radical (unpaired) electrons. The maximum atomic E-state index is 11.8. The van der Waals surface area contributed by atoms with Gasteiger partial charge in [0.25, 0.3) is 0 Å². The van der Waals surface area contributed by atoms with Crippen molar-refractivity contribution < 1.29 is 19.4 Å². The van der Waals surface area contributed by atoms with E-state index < -0.39 is 0 Å². The summed E-state index contributed by atoms with van der Waals surface area (Å²) in [5.41, 5.74) is 7.69. The first-order chi connectivity index (χ1) is 10.6. The van der Waals surface area contributed by atoms with Crippen LogP contribution in [0.15, 0.2) is 42.5 Å². The van der Waals surface area contributed by atoms with E-state index >= 15 is 0 Å². The summed E-state index contributed by atoms with van der Waals surface area (Å²) in [6.07, 6.45) is 0.597. The molecule has 5 heteroatoms. The highest BCUT2D eigenvalue weighted by atomic mass is 16.5. The molecular weight excluding hydrogens is 282 g/mol. The van der Waals surface area contributed by atoms with Crippen LogP contribution in [0, 0.1) is 0 Å². The molecule has 0 bridgehead atoms. The van der Waals surface area contributed by atoms with E-state index in [-0.39, 0.29) is 30.4 Å². The number of phenols is 1. The molecule has 2 rings (SSSR count). The maximum Gasteiger partial charge on any atom is 0.306 e. The summed E-state index contributed by atoms with van der Waals surface area (Å²) in [7, 11) is 1.45. The maximum absolute atomic E-state index is 11.8. The number of hydrogen-bond donors (Lipinski definition) is 2. The molecule has 0 spiro atoms. The zero-order valence-corrected chi connectivity index (χ0v) is 12.4. The molecule has 0 aliphatic heterocycles. The minimum absolute atomic E-state index is 0.0994. The van der Waals surface area contributed by atoms with Crippen molar-refractivity contribution in [3.63, 3.8) is 0 Å². The number of rotatable bonds is 6. The van der Waals surface area contributed by atoms with Crippen molar-refractivity contribution >= 4 is 11.7 Å². The lowest BCUT2D eigenvalue weighted by Crippen LogP contribution is -2.07. The molecule has 0 amide bonds. The normalized spacial score (nSPS) is 10.2. The van der Waals surface area contributed by atoms with E-state index in [0.717, 1.165) is 5.56 Å². The molecule has 22 heavy (non-hydrogen) atoms. The minimum atomic E-state index is -0.307. The van der Waals surface area contributed by atoms with E-state index in [0.29, 0.717) is 17.7 Å². The Balaban J connectivity index is 1.87. The number of carbonyl (C=O) groups excluding carboxylic acids is 1. The summed E-state index contributed by atoms with van der Waals surface area (Å²) in [5, 5.41) is 9.83. The Bertz CT molecular complexity index is 641. The van der Waals surface area contributed by atoms with Crippen molar-refractivity contribution in [3.8, 4) is 11.5 Å². The molecule has 0 atom stereocenters. The number of hydrogen-bond acceptors (Lipinski definition) is 5. The van der Waals surface area contributed by atoms with Gasteiger partial charge in [-0.3, -0.25) is 4.79 Å². The number of benzene rings is 2. The molecule has 0 aliphatic rings. The Hall–Kier alpha value is -2.69. The zero-order chi connectivity index (χ0) is 15.9. The van der Waals surface area contributed by atoms with Gasteiger partial charge in [0.05, 0.1) is 12.8 Å². The third-order valence-electron chi connectivity index (χ3n) is 3.33. The van der Waals surface area contributed by atoms with Crippen LogP contribution in [0.1, 0.15) is 17.5 Å². The van der Waals surface area contributed by atoms with E-state index in [4.69, 9.17) is 15.2 Å². The minimum Gasteiger partial charge on any atom is -0.503 e. The van der Waals surface area contributed by atoms with E-state index in [9.17, 15) is 9.90 Å². The summed E-state index contributed by atoms with van der Waals surface area (Å²) >= 11 is 0. The molecule has 0 heterocycles. The van der Waals surface area contributed by atoms with Crippen molar-refractivity contribution in [1.82, 2.24) is 0 Å². The van der Waals surface area contributed by atoms with Crippen molar-refractivity contribution in [2.75, 3.05) is 12.8 Å². The van der Waals surface area contributed by atoms with Crippen LogP contribution in [0.2, 0.25) is 0 Å². The third-order valence-corrected chi connectivity index (χ3v) is 3.33. The first kappa shape index (κ1) is 15.7. The van der Waals surface area contributed by atoms with Gasteiger partial charge in [0.2, 0.25) is 0 Å². The van der Waals surface area contributed by atoms with E-state index in [1.54, 1.807) is 12.1 Å². The van der Waals surface area contributed by atoms with Gasteiger partial charge in [0.15, 0.2) is 11.5 Å². The molecule has 0 saturated carbocycles. The SMILES string of the molecule is COc1ccc(CCC(=O)OCc2ccccc2)c(N)c1O. The van der Waals surface area contributed by atoms with Gasteiger partial charge in [0, 0.05) is 6.42 Å². The van der Waals surface area contributed by atoms with E-state index in [1.165, 1.54) is 7.11 Å². The molecule has 0 fully saturated rings. The van der Waals surface area contributed by atoms with Crippen LogP contribution >= 0.6 is 0 Å². The van der Waals surface area contributed by atoms with Gasteiger partial charge in [-0.2, -0.15) is 0 Å². The fourth-order valence-corrected chi connectivity index (χ4v) is 2.06. The summed E-state index contributed by atoms with van der Waals surface area (Å²) in [4.78, 5) is 11.8. The number of phenolic OH excluding ortho intramolecular Hbond substituents is 1. The molecule has 2 aromatic rings. The molecule has 0 aliphatic carbocycles. The van der Waals surface area contributed by atoms with Gasteiger partial charge in [-0.25, -0.2) is 0 Å². The average Bonchev–Trinajstić information content (AvgIpc) is 2.55. The number of nitrogen functional groups attached to an aromatic ring is 1. The molecule has 5 nitrogen and oxygen atoms in total. The topological polar surface area (TPSA) is 81.8 Å². The number of aromatic hydroxyl groups is 1. The number of ether oxygens (including phenoxy) is 2. The van der Waals surface area contributed by atoms with Gasteiger partial charge in [-0.1, -0.05) is 36.4 Å². The monoisotopic (exact) mass is 301 g/mol. The largest absolute Gasteiger partial charge is 0.503 e. The summed E-state index contributed by atoms with van der Waals surface area (Å²) in [5.74, 6) is -0.0934. The van der Waals surface area contributed by atoms with Gasteiger partial charge in [-0.15, -0.1) is 0 Å². The molecule has 0 saturated heterocycles. The van der Waals surface area contributed by atoms with Crippen LogP contribution in [0.4, 0.5) is 5.69 Å². The Morgan fingerprint density at radius 2 is 1.91 bits per heavy atom. The Labute approximate surface area is 129 Å². The number of methoxy groups -OCH3 is 1. The van der Waals surface area contributed by atoms with E-state index in [2.05, 4.69) is 0 Å². The first-order valence-electron chi connectivity index (χ1n) is 6.95. The van der Waals surface area contributed by atoms with Crippen LogP contribution in [0.3, 0.4) is 0 Å². The fraction of sp³-hybridized carbons (Fsp3) is 0.235. The predicted molar refractivity (Wildman–Crippen MR) is 83.6 cm³/mol. The Morgan fingerprint density at radius 1 is 1.18 bits per heavy atom. The smallest absolute Gasteiger partial charge is 0.306 e. The lowest BCUT2D eigenvalue weighted by atomic mass is 10.1. The molecule has 0 aromatic heterocycles. The van der Waals surface area contributed by atoms with Crippen LogP contribution in [0.5, 0.6) is 11.5 Å². The highest BCUT2D eigenvalue weighted by Gasteiger charge is 2.12. The number of aryl methyl sites for hydroxylation is 1. The van der Waals surface area contributed by atoms with Crippen molar-refractivity contribution in [1.29, 1.82) is 0 Å². The highest BCUT2D eigenvalue weighted by molar-refractivity contribution is 5.71. The predicted octanol–water partition coefficient (Wildman–Crippen LogP) is 2.66. The summed E-state index contributed by atoms with van der Waals surface area (Å²) < 4.78 is 10.2. The van der Waals surface area contributed by atoms with Crippen LogP contribution in [-0.4, -0.2) is 18.2 Å². The third kappa shape index (κ3) is 3.91. The molecule has 0 unspecified atom stereocenters. The lowest BCUT2D eigenvalue weighted by Gasteiger charge is -2.10. The average molecular weight is 301 g/mol. The highest BCUT2D eigenvalue weighted by Crippen LogP contribution is 2.34. The molecule has 116 valence electrons. The van der Waals surface area contributed by atoms with Crippen molar-refractivity contribution in [2.45, 2.75) is 19.4 Å². The Kier molecular flexibility index (Phi) is 5.25. The van der Waals surface area contributed by atoms with Crippen LogP contribution in [0.25, 0.3) is 0 Å². The van der Waals surface area contributed by atoms with Crippen molar-refractivity contribution in [3.05, 3.63) is 53.6 Å². The number of nitrogens with two attached hydrogens (primary N) is 1. The van der Waals surface area contributed by atoms with Crippen molar-refractivity contribution in [2.24, 2.45) is 0 Å². The first-order valence-corrected chi connectivity index (χ1v) is 6.95. The Morgan fingerprint density at radius 3 is 2.59 bits per heavy atom. The lowest BCUT2D eigenvalue weighted by molar-refractivity contribution is -0.144. The quantitative estimate of drug-likeness (QED) is 0.487. The second-order valence-electron chi connectivity index (χ2n) is 4.84. The van der Waals surface area contributed by atoms with Gasteiger partial charge in [0.1, 0.15) is 6.61 Å². The molecular formula is C17H19NO4. The van der Waals surface area contributed by atoms with E-state index in [1.807, 2.05) is 30.3 Å². The van der Waals surface area contributed by atoms with Gasteiger partial charge >= 0.3 is 5.97 Å². The standard InChI is InChI=1S/C17H19NO4/c1-21-14-9-7-13(16(18)17(14)20)8-10-15(19)22-11-12-5-3-2-4-6-12/h2-7,9,20H,8,10-11,18H2,1H3. The van der Waals surface area contributed by atoms with Crippen LogP contribution < -0.4 is 10.5 Å². The summed E-state index contributed by atoms with van der Waals surface area (Å²) in [6, 6.07) is 12.8. The second-order valence-corrected chi connectivity index (χ2v) is 4.84.